The zero-order chi connectivity index (χ0) is 38.1. The Morgan fingerprint density at radius 3 is 1.52 bits per heavy atom. The van der Waals surface area contributed by atoms with E-state index in [2.05, 4.69) is 5.32 Å². The van der Waals surface area contributed by atoms with Crippen LogP contribution in [0.1, 0.15) is 60.8 Å². The molecule has 0 spiro atoms. The molecule has 50 heavy (non-hydrogen) atoms. The molecule has 0 saturated carbocycles. The summed E-state index contributed by atoms with van der Waals surface area (Å²) < 4.78 is 55.6. The number of nitrogens with one attached hydrogen (secondary N) is 1. The van der Waals surface area contributed by atoms with Crippen molar-refractivity contribution in [2.45, 2.75) is 66.8 Å². The van der Waals surface area contributed by atoms with E-state index in [4.69, 9.17) is 37.5 Å². The van der Waals surface area contributed by atoms with E-state index in [0.717, 1.165) is 23.5 Å². The lowest BCUT2D eigenvalue weighted by Gasteiger charge is -2.21. The number of thioether (sulfide) groups is 2. The van der Waals surface area contributed by atoms with Crippen LogP contribution < -0.4 is 5.32 Å². The molecule has 0 aliphatic rings. The molecule has 0 heterocycles. The Balaban J connectivity index is 5.47. The minimum atomic E-state index is -4.08. The molecular weight excluding hydrogens is 717 g/mol. The summed E-state index contributed by atoms with van der Waals surface area (Å²) in [6.45, 7) is 11.9. The fourth-order valence-electron chi connectivity index (χ4n) is 3.26. The van der Waals surface area contributed by atoms with Gasteiger partial charge in [0.2, 0.25) is 5.91 Å². The zero-order valence-corrected chi connectivity index (χ0v) is 33.4. The SMILES string of the molecule is COCCOCCOC(=O)C[C@H](NC(=O)CP(=O)(OCCCSC(=O)C(C)(C)C)OCCCSC(=O)C(C)(C)C)C(=O)OCCOCCOC. The van der Waals surface area contributed by atoms with Gasteiger partial charge in [-0.2, -0.15) is 0 Å². The van der Waals surface area contributed by atoms with Crippen molar-refractivity contribution in [1.82, 2.24) is 5.32 Å². The van der Waals surface area contributed by atoms with E-state index in [1.807, 2.05) is 41.5 Å². The van der Waals surface area contributed by atoms with E-state index in [1.54, 1.807) is 0 Å². The Bertz CT molecular complexity index is 1020. The first-order chi connectivity index (χ1) is 23.4. The number of amides is 1. The predicted octanol–water partition coefficient (Wildman–Crippen LogP) is 3.89. The number of hydrogen-bond donors (Lipinski definition) is 1. The van der Waals surface area contributed by atoms with Crippen LogP contribution >= 0.6 is 31.1 Å². The Morgan fingerprint density at radius 2 is 1.08 bits per heavy atom. The molecule has 0 unspecified atom stereocenters. The quantitative estimate of drug-likeness (QED) is 0.0684. The van der Waals surface area contributed by atoms with Gasteiger partial charge < -0.3 is 42.8 Å². The number of ether oxygens (including phenoxy) is 6. The normalized spacial score (nSPS) is 12.7. The molecule has 18 heteroatoms. The third-order valence-electron chi connectivity index (χ3n) is 6.00. The van der Waals surface area contributed by atoms with Gasteiger partial charge in [-0.15, -0.1) is 0 Å². The van der Waals surface area contributed by atoms with Crippen LogP contribution in [0.25, 0.3) is 0 Å². The molecule has 292 valence electrons. The number of rotatable bonds is 28. The molecule has 1 amide bonds. The highest BCUT2D eigenvalue weighted by Gasteiger charge is 2.33. The maximum atomic E-state index is 13.7. The Hall–Kier alpha value is -1.56. The number of carbonyl (C=O) groups is 5. The van der Waals surface area contributed by atoms with Crippen molar-refractivity contribution in [3.8, 4) is 0 Å². The van der Waals surface area contributed by atoms with Crippen LogP contribution in [0.4, 0.5) is 0 Å². The largest absolute Gasteiger partial charge is 0.463 e. The molecule has 0 radical (unpaired) electrons. The van der Waals surface area contributed by atoms with Crippen molar-refractivity contribution >= 4 is 59.2 Å². The number of carbonyl (C=O) groups excluding carboxylic acids is 5. The van der Waals surface area contributed by atoms with Crippen LogP contribution in [-0.2, 0) is 66.0 Å². The Labute approximate surface area is 305 Å². The molecule has 0 bridgehead atoms. The lowest BCUT2D eigenvalue weighted by Crippen LogP contribution is -2.45. The van der Waals surface area contributed by atoms with E-state index in [-0.39, 0.29) is 56.5 Å². The Kier molecular flexibility index (Phi) is 26.3. The summed E-state index contributed by atoms with van der Waals surface area (Å²) in [5.41, 5.74) is -1.04. The molecule has 0 aliphatic carbocycles. The van der Waals surface area contributed by atoms with Crippen LogP contribution in [0.5, 0.6) is 0 Å². The molecular formula is C32H58NO14PS2. The molecule has 0 fully saturated rings. The van der Waals surface area contributed by atoms with Crippen LogP contribution in [-0.4, -0.2) is 132 Å². The van der Waals surface area contributed by atoms with Crippen LogP contribution in [0.2, 0.25) is 0 Å². The zero-order valence-electron chi connectivity index (χ0n) is 30.9. The highest BCUT2D eigenvalue weighted by atomic mass is 32.2. The summed E-state index contributed by atoms with van der Waals surface area (Å²) in [6, 6.07) is -1.48. The second-order valence-corrected chi connectivity index (χ2v) is 17.0. The minimum absolute atomic E-state index is 0.00442. The molecule has 1 N–H and O–H groups in total. The average Bonchev–Trinajstić information content (AvgIpc) is 3.02. The van der Waals surface area contributed by atoms with E-state index >= 15 is 0 Å². The van der Waals surface area contributed by atoms with Gasteiger partial charge in [-0.05, 0) is 12.8 Å². The van der Waals surface area contributed by atoms with Gasteiger partial charge in [-0.25, -0.2) is 4.79 Å². The lowest BCUT2D eigenvalue weighted by molar-refractivity contribution is -0.155. The number of hydrogen-bond acceptors (Lipinski definition) is 16. The van der Waals surface area contributed by atoms with E-state index in [0.29, 0.717) is 44.2 Å². The first-order valence-electron chi connectivity index (χ1n) is 16.4. The molecule has 0 saturated heterocycles. The van der Waals surface area contributed by atoms with Gasteiger partial charge in [-0.1, -0.05) is 65.1 Å². The summed E-state index contributed by atoms with van der Waals surface area (Å²) in [7, 11) is -1.05. The fraction of sp³-hybridized carbons (Fsp3) is 0.844. The molecule has 0 aromatic heterocycles. The van der Waals surface area contributed by atoms with E-state index in [9.17, 15) is 28.5 Å². The van der Waals surface area contributed by atoms with Crippen molar-refractivity contribution < 1.29 is 66.0 Å². The van der Waals surface area contributed by atoms with Gasteiger partial charge in [0.1, 0.15) is 25.4 Å². The average molecular weight is 776 g/mol. The third kappa shape index (κ3) is 25.4. The van der Waals surface area contributed by atoms with Gasteiger partial charge in [0, 0.05) is 36.6 Å². The molecule has 15 nitrogen and oxygen atoms in total. The highest BCUT2D eigenvalue weighted by Crippen LogP contribution is 2.48. The summed E-state index contributed by atoms with van der Waals surface area (Å²) >= 11 is 2.26. The van der Waals surface area contributed by atoms with Crippen molar-refractivity contribution in [3.63, 3.8) is 0 Å². The van der Waals surface area contributed by atoms with Crippen LogP contribution in [0.3, 0.4) is 0 Å². The maximum Gasteiger partial charge on any atom is 0.340 e. The lowest BCUT2D eigenvalue weighted by atomic mass is 9.99. The molecule has 0 aromatic carbocycles. The standard InChI is InChI=1S/C32H58NO14PS2/c1-31(2,3)29(37)49-21-9-11-46-48(39,47-12-10-22-50-30(38)32(4,5)6)24-26(34)33-25(28(36)45-20-18-43-16-14-41-8)23-27(35)44-19-17-42-15-13-40-7/h25H,9-24H2,1-8H3,(H,33,34)/t25-/m0/s1. The highest BCUT2D eigenvalue weighted by molar-refractivity contribution is 8.14. The maximum absolute atomic E-state index is 13.7. The van der Waals surface area contributed by atoms with E-state index in [1.165, 1.54) is 14.2 Å². The summed E-state index contributed by atoms with van der Waals surface area (Å²) in [5.74, 6) is -1.83. The smallest absolute Gasteiger partial charge is 0.340 e. The predicted molar refractivity (Wildman–Crippen MR) is 191 cm³/mol. The molecule has 0 aromatic rings. The summed E-state index contributed by atoms with van der Waals surface area (Å²) in [4.78, 5) is 63.0. The van der Waals surface area contributed by atoms with Gasteiger partial charge in [-0.3, -0.25) is 23.7 Å². The number of methoxy groups -OCH3 is 2. The van der Waals surface area contributed by atoms with Gasteiger partial charge >= 0.3 is 19.5 Å². The van der Waals surface area contributed by atoms with E-state index < -0.39 is 54.9 Å². The minimum Gasteiger partial charge on any atom is -0.463 e. The monoisotopic (exact) mass is 775 g/mol. The van der Waals surface area contributed by atoms with Gasteiger partial charge in [0.25, 0.3) is 0 Å². The van der Waals surface area contributed by atoms with Crippen molar-refractivity contribution in [2.24, 2.45) is 10.8 Å². The summed E-state index contributed by atoms with van der Waals surface area (Å²) in [5, 5.41) is 2.39. The van der Waals surface area contributed by atoms with Crippen LogP contribution in [0.15, 0.2) is 0 Å². The van der Waals surface area contributed by atoms with Crippen molar-refractivity contribution in [1.29, 1.82) is 0 Å². The molecule has 0 aliphatic heterocycles. The number of esters is 2. The van der Waals surface area contributed by atoms with Gasteiger partial charge in [0.05, 0.1) is 59.3 Å². The second-order valence-electron chi connectivity index (χ2n) is 12.8. The van der Waals surface area contributed by atoms with Gasteiger partial charge in [0.15, 0.2) is 10.2 Å². The van der Waals surface area contributed by atoms with Crippen LogP contribution in [0, 0.1) is 10.8 Å². The second kappa shape index (κ2) is 27.1. The molecule has 1 atom stereocenters. The fourth-order valence-corrected chi connectivity index (χ4v) is 6.53. The van der Waals surface area contributed by atoms with Crippen molar-refractivity contribution in [2.75, 3.05) is 98.0 Å². The summed E-state index contributed by atoms with van der Waals surface area (Å²) in [6.07, 6.45) is -0.641. The third-order valence-corrected chi connectivity index (χ3v) is 10.6. The van der Waals surface area contributed by atoms with Crippen molar-refractivity contribution in [3.05, 3.63) is 0 Å². The first kappa shape index (κ1) is 48.4. The first-order valence-corrected chi connectivity index (χ1v) is 20.1. The molecule has 0 rings (SSSR count). The topological polar surface area (TPSA) is 188 Å². The Morgan fingerprint density at radius 1 is 0.640 bits per heavy atom.